The normalized spacial score (nSPS) is 21.7. The van der Waals surface area contributed by atoms with Gasteiger partial charge in [0, 0.05) is 0 Å². The van der Waals surface area contributed by atoms with Crippen molar-refractivity contribution in [2.45, 2.75) is 18.4 Å². The second-order valence-electron chi connectivity index (χ2n) is 3.67. The van der Waals surface area contributed by atoms with Gasteiger partial charge in [-0.1, -0.05) is 34.8 Å². The van der Waals surface area contributed by atoms with Gasteiger partial charge in [-0.25, -0.2) is 0 Å². The van der Waals surface area contributed by atoms with Crippen molar-refractivity contribution in [1.82, 2.24) is 0 Å². The van der Waals surface area contributed by atoms with E-state index in [0.717, 1.165) is 24.6 Å². The van der Waals surface area contributed by atoms with Crippen LogP contribution in [0, 0.1) is 0 Å². The number of thiophene rings is 1. The summed E-state index contributed by atoms with van der Waals surface area (Å²) in [6, 6.07) is 0. The second-order valence-corrected chi connectivity index (χ2v) is 7.01. The topological polar surface area (TPSA) is 29.4 Å². The Morgan fingerprint density at radius 1 is 1.19 bits per heavy atom. The Hall–Kier alpha value is 0.260. The summed E-state index contributed by atoms with van der Waals surface area (Å²) >= 11 is 20.2. The number of halogens is 3. The van der Waals surface area contributed by atoms with Crippen molar-refractivity contribution in [1.29, 1.82) is 0 Å². The fourth-order valence-corrected chi connectivity index (χ4v) is 4.51. The van der Waals surface area contributed by atoms with E-state index in [4.69, 9.17) is 34.8 Å². The van der Waals surface area contributed by atoms with Crippen molar-refractivity contribution in [3.63, 3.8) is 0 Å². The molecule has 1 aromatic heterocycles. The molecular weight excluding hydrogens is 309 g/mol. The molecule has 84 valence electrons. The van der Waals surface area contributed by atoms with E-state index >= 15 is 0 Å². The van der Waals surface area contributed by atoms with Crippen LogP contribution in [0.5, 0.6) is 0 Å². The molecule has 0 aromatic carbocycles. The third kappa shape index (κ3) is 1.55. The molecule has 3 rings (SSSR count). The number of carbonyl (C=O) groups excluding carboxylic acids is 1. The van der Waals surface area contributed by atoms with Crippen LogP contribution in [0.4, 0.5) is 0 Å². The minimum atomic E-state index is -0.452. The average Bonchev–Trinajstić information content (AvgIpc) is 2.89. The fourth-order valence-electron chi connectivity index (χ4n) is 1.48. The smallest absolute Gasteiger partial charge is 0.222 e. The van der Waals surface area contributed by atoms with Gasteiger partial charge < -0.3 is 0 Å². The molecule has 0 atom stereocenters. The number of nitrogens with zero attached hydrogens (tertiary/aromatic N) is 1. The maximum Gasteiger partial charge on any atom is 0.222 e. The van der Waals surface area contributed by atoms with E-state index in [1.807, 2.05) is 0 Å². The highest BCUT2D eigenvalue weighted by molar-refractivity contribution is 8.27. The maximum absolute atomic E-state index is 11.7. The molecule has 2 heterocycles. The SMILES string of the molecule is O=C1SC(c2sc(Cl)c(Cl)c2Cl)=NC12CC2. The third-order valence-electron chi connectivity index (χ3n) is 2.56. The lowest BCUT2D eigenvalue weighted by Gasteiger charge is -1.93. The van der Waals surface area contributed by atoms with Gasteiger partial charge in [-0.15, -0.1) is 11.3 Å². The van der Waals surface area contributed by atoms with Gasteiger partial charge in [0.1, 0.15) is 14.9 Å². The van der Waals surface area contributed by atoms with Crippen molar-refractivity contribution < 1.29 is 4.79 Å². The molecular formula is C9H4Cl3NOS2. The zero-order chi connectivity index (χ0) is 11.5. The van der Waals surface area contributed by atoms with Gasteiger partial charge >= 0.3 is 0 Å². The Balaban J connectivity index is 2.06. The summed E-state index contributed by atoms with van der Waals surface area (Å²) in [4.78, 5) is 16.8. The molecule has 1 fully saturated rings. The molecule has 1 aromatic rings. The van der Waals surface area contributed by atoms with Gasteiger partial charge in [0.05, 0.1) is 14.9 Å². The number of hydrogen-bond donors (Lipinski definition) is 0. The first-order valence-corrected chi connectivity index (χ1v) is 7.26. The van der Waals surface area contributed by atoms with Crippen LogP contribution in [0.25, 0.3) is 0 Å². The summed E-state index contributed by atoms with van der Waals surface area (Å²) in [7, 11) is 0. The van der Waals surface area contributed by atoms with Gasteiger partial charge in [0.25, 0.3) is 0 Å². The molecule has 1 spiro atoms. The van der Waals surface area contributed by atoms with Crippen LogP contribution in [0.1, 0.15) is 17.7 Å². The van der Waals surface area contributed by atoms with Crippen LogP contribution in [0.2, 0.25) is 14.4 Å². The van der Waals surface area contributed by atoms with Crippen molar-refractivity contribution >= 4 is 68.1 Å². The van der Waals surface area contributed by atoms with E-state index in [1.165, 1.54) is 11.3 Å². The zero-order valence-corrected chi connectivity index (χ0v) is 11.6. The Kier molecular flexibility index (Phi) is 2.57. The van der Waals surface area contributed by atoms with E-state index in [-0.39, 0.29) is 5.12 Å². The Labute approximate surface area is 115 Å². The number of carbonyl (C=O) groups is 1. The predicted molar refractivity (Wildman–Crippen MR) is 70.4 cm³/mol. The van der Waals surface area contributed by atoms with E-state index in [9.17, 15) is 4.79 Å². The first-order chi connectivity index (χ1) is 7.53. The zero-order valence-electron chi connectivity index (χ0n) is 7.72. The molecule has 2 nitrogen and oxygen atoms in total. The summed E-state index contributed by atoms with van der Waals surface area (Å²) in [6.07, 6.45) is 1.68. The van der Waals surface area contributed by atoms with Crippen LogP contribution >= 0.6 is 57.9 Å². The van der Waals surface area contributed by atoms with Crippen molar-refractivity contribution in [2.24, 2.45) is 4.99 Å². The van der Waals surface area contributed by atoms with Gasteiger partial charge in [-0.3, -0.25) is 9.79 Å². The van der Waals surface area contributed by atoms with Crippen LogP contribution < -0.4 is 0 Å². The molecule has 1 saturated carbocycles. The summed E-state index contributed by atoms with van der Waals surface area (Å²) in [5, 5.41) is 1.51. The average molecular weight is 313 g/mol. The van der Waals surface area contributed by atoms with E-state index < -0.39 is 5.54 Å². The molecule has 7 heteroatoms. The number of hydrogen-bond acceptors (Lipinski definition) is 4. The van der Waals surface area contributed by atoms with Gasteiger partial charge in [0.15, 0.2) is 0 Å². The molecule has 1 aliphatic heterocycles. The quantitative estimate of drug-likeness (QED) is 0.775. The highest BCUT2D eigenvalue weighted by atomic mass is 35.5. The van der Waals surface area contributed by atoms with Crippen LogP contribution in [-0.2, 0) is 4.79 Å². The molecule has 0 unspecified atom stereocenters. The molecule has 0 radical (unpaired) electrons. The highest BCUT2D eigenvalue weighted by Gasteiger charge is 2.54. The van der Waals surface area contributed by atoms with Gasteiger partial charge in [-0.2, -0.15) is 0 Å². The number of aliphatic imine (C=N–C) groups is 1. The van der Waals surface area contributed by atoms with Crippen LogP contribution in [0.3, 0.4) is 0 Å². The van der Waals surface area contributed by atoms with Gasteiger partial charge in [-0.05, 0) is 24.6 Å². The summed E-state index contributed by atoms with van der Waals surface area (Å²) in [6.45, 7) is 0. The summed E-state index contributed by atoms with van der Waals surface area (Å²) in [5.41, 5.74) is -0.452. The molecule has 0 amide bonds. The Morgan fingerprint density at radius 2 is 1.88 bits per heavy atom. The monoisotopic (exact) mass is 311 g/mol. The summed E-state index contributed by atoms with van der Waals surface area (Å²) < 4.78 is 0.439. The number of rotatable bonds is 1. The molecule has 2 aliphatic rings. The Morgan fingerprint density at radius 3 is 2.31 bits per heavy atom. The van der Waals surface area contributed by atoms with Gasteiger partial charge in [0.2, 0.25) is 5.12 Å². The van der Waals surface area contributed by atoms with Crippen molar-refractivity contribution in [2.75, 3.05) is 0 Å². The lowest BCUT2D eigenvalue weighted by Crippen LogP contribution is -2.10. The Bertz CT molecular complexity index is 533. The largest absolute Gasteiger partial charge is 0.284 e. The van der Waals surface area contributed by atoms with Crippen LogP contribution in [-0.4, -0.2) is 15.7 Å². The lowest BCUT2D eigenvalue weighted by molar-refractivity contribution is -0.112. The minimum Gasteiger partial charge on any atom is -0.284 e. The van der Waals surface area contributed by atoms with Crippen molar-refractivity contribution in [3.05, 3.63) is 19.3 Å². The molecule has 0 bridgehead atoms. The summed E-state index contributed by atoms with van der Waals surface area (Å²) in [5.74, 6) is 0. The van der Waals surface area contributed by atoms with E-state index in [0.29, 0.717) is 24.3 Å². The van der Waals surface area contributed by atoms with Crippen molar-refractivity contribution in [3.8, 4) is 0 Å². The second kappa shape index (κ2) is 3.62. The first-order valence-electron chi connectivity index (χ1n) is 4.49. The number of thioether (sulfide) groups is 1. The van der Waals surface area contributed by atoms with Crippen LogP contribution in [0.15, 0.2) is 4.99 Å². The minimum absolute atomic E-state index is 0.110. The molecule has 0 N–H and O–H groups in total. The molecule has 1 aliphatic carbocycles. The highest BCUT2D eigenvalue weighted by Crippen LogP contribution is 2.52. The molecule has 0 saturated heterocycles. The first kappa shape index (κ1) is 11.4. The predicted octanol–water partition coefficient (Wildman–Crippen LogP) is 4.26. The maximum atomic E-state index is 11.7. The fraction of sp³-hybridized carbons (Fsp3) is 0.333. The standard InChI is InChI=1S/C9H4Cl3NOS2/c10-3-4(11)6(12)15-5(3)7-13-9(1-2-9)8(14)16-7/h1-2H2. The third-order valence-corrected chi connectivity index (χ3v) is 6.32. The molecule has 16 heavy (non-hydrogen) atoms. The van der Waals surface area contributed by atoms with E-state index in [2.05, 4.69) is 4.99 Å². The lowest BCUT2D eigenvalue weighted by atomic mass is 10.3. The van der Waals surface area contributed by atoms with E-state index in [1.54, 1.807) is 0 Å².